The highest BCUT2D eigenvalue weighted by Gasteiger charge is 2.28. The molecular weight excluding hydrogens is 666 g/mol. The number of piperazine rings is 1. The summed E-state index contributed by atoms with van der Waals surface area (Å²) in [6, 6.07) is 14.3. The molecule has 0 spiro atoms. The SMILES string of the molecule is CCCS(=O)(=O)Nc1cccc(-c2nc(C(C)(C)C)sc2-c2ccnc(Nc3ccc(N4CCN(C(=O)OC(C)(C)C)CC4)cc3)n2)c1F. The Hall–Kier alpha value is -4.30. The highest BCUT2D eigenvalue weighted by Crippen LogP contribution is 2.42. The van der Waals surface area contributed by atoms with Crippen LogP contribution in [0.15, 0.2) is 54.7 Å². The fourth-order valence-corrected chi connectivity index (χ4v) is 7.42. The Balaban J connectivity index is 1.35. The normalized spacial score (nSPS) is 14.1. The van der Waals surface area contributed by atoms with E-state index in [2.05, 4.69) is 19.9 Å². The Morgan fingerprint density at radius 3 is 2.31 bits per heavy atom. The molecule has 3 heterocycles. The van der Waals surface area contributed by atoms with Gasteiger partial charge in [-0.05, 0) is 69.7 Å². The number of thiazole rings is 1. The first kappa shape index (κ1) is 36.0. The first-order valence-electron chi connectivity index (χ1n) is 16.3. The first-order valence-corrected chi connectivity index (χ1v) is 18.7. The van der Waals surface area contributed by atoms with E-state index in [1.807, 2.05) is 65.8 Å². The van der Waals surface area contributed by atoms with Crippen molar-refractivity contribution in [2.45, 2.75) is 65.9 Å². The predicted molar refractivity (Wildman–Crippen MR) is 195 cm³/mol. The van der Waals surface area contributed by atoms with Crippen molar-refractivity contribution < 1.29 is 22.3 Å². The number of anilines is 4. The second-order valence-electron chi connectivity index (χ2n) is 13.9. The summed E-state index contributed by atoms with van der Waals surface area (Å²) < 4.78 is 48.7. The van der Waals surface area contributed by atoms with Gasteiger partial charge >= 0.3 is 6.09 Å². The van der Waals surface area contributed by atoms with Gasteiger partial charge in [0.05, 0.1) is 32.7 Å². The van der Waals surface area contributed by atoms with Crippen LogP contribution in [0.25, 0.3) is 21.8 Å². The number of nitrogens with zero attached hydrogens (tertiary/aromatic N) is 5. The molecule has 4 aromatic rings. The van der Waals surface area contributed by atoms with Gasteiger partial charge in [0.1, 0.15) is 5.60 Å². The highest BCUT2D eigenvalue weighted by molar-refractivity contribution is 7.92. The molecule has 49 heavy (non-hydrogen) atoms. The lowest BCUT2D eigenvalue weighted by Gasteiger charge is -2.36. The van der Waals surface area contributed by atoms with E-state index in [1.165, 1.54) is 17.4 Å². The van der Waals surface area contributed by atoms with Gasteiger partial charge in [0.2, 0.25) is 16.0 Å². The molecule has 2 aromatic heterocycles. The zero-order chi connectivity index (χ0) is 35.6. The number of rotatable bonds is 9. The van der Waals surface area contributed by atoms with Crippen molar-refractivity contribution in [1.29, 1.82) is 0 Å². The number of carbonyl (C=O) groups is 1. The number of benzene rings is 2. The van der Waals surface area contributed by atoms with E-state index in [-0.39, 0.29) is 28.5 Å². The first-order chi connectivity index (χ1) is 23.0. The third-order valence-corrected chi connectivity index (χ3v) is 10.5. The van der Waals surface area contributed by atoms with Crippen LogP contribution in [0, 0.1) is 5.82 Å². The summed E-state index contributed by atoms with van der Waals surface area (Å²) >= 11 is 1.41. The van der Waals surface area contributed by atoms with Gasteiger partial charge in [0.15, 0.2) is 5.82 Å². The van der Waals surface area contributed by atoms with E-state index in [4.69, 9.17) is 14.7 Å². The number of hydrogen-bond acceptors (Lipinski definition) is 10. The number of amides is 1. The number of sulfonamides is 1. The number of nitrogens with one attached hydrogen (secondary N) is 2. The van der Waals surface area contributed by atoms with Gasteiger partial charge in [-0.3, -0.25) is 4.72 Å². The standard InChI is InChI=1S/C35H44FN7O4S2/c1-8-22-49(45,46)41-26-11-9-10-25(28(26)36)29-30(48-31(40-29)34(2,3)4)27-16-17-37-32(39-27)38-23-12-14-24(15-13-23)42-18-20-43(21-19-42)33(44)47-35(5,6)7/h9-17,41H,8,18-22H2,1-7H3,(H,37,38,39). The smallest absolute Gasteiger partial charge is 0.410 e. The van der Waals surface area contributed by atoms with Crippen molar-refractivity contribution in [3.05, 3.63) is 65.6 Å². The Bertz CT molecular complexity index is 1890. The van der Waals surface area contributed by atoms with Crippen LogP contribution in [-0.4, -0.2) is 71.9 Å². The average molecular weight is 710 g/mol. The molecule has 262 valence electrons. The van der Waals surface area contributed by atoms with Gasteiger partial charge in [-0.25, -0.2) is 32.6 Å². The van der Waals surface area contributed by atoms with E-state index < -0.39 is 21.4 Å². The molecule has 0 unspecified atom stereocenters. The summed E-state index contributed by atoms with van der Waals surface area (Å²) in [5, 5.41) is 4.05. The van der Waals surface area contributed by atoms with Gasteiger partial charge < -0.3 is 19.9 Å². The molecule has 1 aliphatic heterocycles. The molecule has 0 saturated carbocycles. The number of aromatic nitrogens is 3. The number of ether oxygens (including phenoxy) is 1. The van der Waals surface area contributed by atoms with Gasteiger partial charge in [-0.15, -0.1) is 11.3 Å². The molecule has 1 fully saturated rings. The topological polar surface area (TPSA) is 130 Å². The van der Waals surface area contributed by atoms with Crippen LogP contribution >= 0.6 is 11.3 Å². The van der Waals surface area contributed by atoms with Gasteiger partial charge in [0.25, 0.3) is 0 Å². The number of halogens is 1. The number of carbonyl (C=O) groups excluding carboxylic acids is 1. The van der Waals surface area contributed by atoms with Crippen LogP contribution in [-0.2, 0) is 20.2 Å². The lowest BCUT2D eigenvalue weighted by molar-refractivity contribution is 0.0240. The highest BCUT2D eigenvalue weighted by atomic mass is 32.2. The maximum absolute atomic E-state index is 15.9. The van der Waals surface area contributed by atoms with E-state index >= 15 is 4.39 Å². The summed E-state index contributed by atoms with van der Waals surface area (Å²) in [5.41, 5.74) is 1.95. The Labute approximate surface area is 292 Å². The summed E-state index contributed by atoms with van der Waals surface area (Å²) in [6.07, 6.45) is 1.75. The quantitative estimate of drug-likeness (QED) is 0.180. The predicted octanol–water partition coefficient (Wildman–Crippen LogP) is 7.66. The zero-order valence-corrected chi connectivity index (χ0v) is 30.6. The summed E-state index contributed by atoms with van der Waals surface area (Å²) in [5.74, 6) is -0.457. The van der Waals surface area contributed by atoms with Crippen LogP contribution in [0.2, 0.25) is 0 Å². The molecule has 1 aliphatic rings. The summed E-state index contributed by atoms with van der Waals surface area (Å²) in [6.45, 7) is 16.0. The zero-order valence-electron chi connectivity index (χ0n) is 29.0. The van der Waals surface area contributed by atoms with Crippen molar-refractivity contribution in [2.24, 2.45) is 0 Å². The minimum absolute atomic E-state index is 0.112. The van der Waals surface area contributed by atoms with Crippen molar-refractivity contribution >= 4 is 50.5 Å². The van der Waals surface area contributed by atoms with Crippen LogP contribution in [0.3, 0.4) is 0 Å². The second-order valence-corrected chi connectivity index (χ2v) is 16.8. The largest absolute Gasteiger partial charge is 0.444 e. The molecule has 5 rings (SSSR count). The van der Waals surface area contributed by atoms with Crippen LogP contribution < -0.4 is 14.9 Å². The van der Waals surface area contributed by atoms with E-state index in [0.29, 0.717) is 54.8 Å². The molecule has 2 N–H and O–H groups in total. The van der Waals surface area contributed by atoms with Crippen molar-refractivity contribution in [1.82, 2.24) is 19.9 Å². The summed E-state index contributed by atoms with van der Waals surface area (Å²) in [4.78, 5) is 31.1. The number of hydrogen-bond donors (Lipinski definition) is 2. The van der Waals surface area contributed by atoms with Crippen molar-refractivity contribution in [3.8, 4) is 21.8 Å². The molecule has 14 heteroatoms. The third-order valence-electron chi connectivity index (χ3n) is 7.57. The van der Waals surface area contributed by atoms with Gasteiger partial charge in [-0.1, -0.05) is 33.8 Å². The lowest BCUT2D eigenvalue weighted by Crippen LogP contribution is -2.50. The molecule has 0 atom stereocenters. The van der Waals surface area contributed by atoms with Crippen LogP contribution in [0.4, 0.5) is 32.2 Å². The van der Waals surface area contributed by atoms with E-state index in [9.17, 15) is 13.2 Å². The minimum Gasteiger partial charge on any atom is -0.444 e. The molecule has 1 amide bonds. The fourth-order valence-electron chi connectivity index (χ4n) is 5.18. The third kappa shape index (κ3) is 9.04. The molecule has 0 bridgehead atoms. The van der Waals surface area contributed by atoms with Crippen molar-refractivity contribution in [2.75, 3.05) is 46.9 Å². The molecule has 0 radical (unpaired) electrons. The average Bonchev–Trinajstić information content (AvgIpc) is 3.48. The molecule has 2 aromatic carbocycles. The van der Waals surface area contributed by atoms with Crippen LogP contribution in [0.5, 0.6) is 0 Å². The fraction of sp³-hybridized carbons (Fsp3) is 0.429. The van der Waals surface area contributed by atoms with E-state index in [0.717, 1.165) is 16.4 Å². The van der Waals surface area contributed by atoms with E-state index in [1.54, 1.807) is 36.2 Å². The molecule has 11 nitrogen and oxygen atoms in total. The molecule has 0 aliphatic carbocycles. The maximum atomic E-state index is 15.9. The minimum atomic E-state index is -3.70. The van der Waals surface area contributed by atoms with Gasteiger partial charge in [0, 0.05) is 54.7 Å². The molecule has 1 saturated heterocycles. The van der Waals surface area contributed by atoms with Crippen LogP contribution in [0.1, 0.15) is 59.9 Å². The Morgan fingerprint density at radius 2 is 1.67 bits per heavy atom. The summed E-state index contributed by atoms with van der Waals surface area (Å²) in [7, 11) is -3.70. The Kier molecular flexibility index (Phi) is 10.5. The second kappa shape index (κ2) is 14.3. The lowest BCUT2D eigenvalue weighted by atomic mass is 9.98. The van der Waals surface area contributed by atoms with Gasteiger partial charge in [-0.2, -0.15) is 0 Å². The van der Waals surface area contributed by atoms with Crippen molar-refractivity contribution in [3.63, 3.8) is 0 Å². The Morgan fingerprint density at radius 1 is 0.980 bits per heavy atom. The maximum Gasteiger partial charge on any atom is 0.410 e. The monoisotopic (exact) mass is 709 g/mol. The molecular formula is C35H44FN7O4S2.